The van der Waals surface area contributed by atoms with Crippen molar-refractivity contribution in [3.05, 3.63) is 30.3 Å². The fourth-order valence-corrected chi connectivity index (χ4v) is 2.57. The first-order valence-corrected chi connectivity index (χ1v) is 6.14. The fraction of sp³-hybridized carbons (Fsp3) is 0.125. The number of carbonyl (C=O) groups excluding carboxylic acids is 1. The van der Waals surface area contributed by atoms with Crippen LogP contribution in [0, 0.1) is 0 Å². The SMILES string of the molecule is CC(=O)N[As](=O)c1ccccc1. The molecule has 1 N–H and O–H groups in total. The average Bonchev–Trinajstić information content (AvgIpc) is 2.05. The number of hydrogen-bond donors (Lipinski definition) is 1. The van der Waals surface area contributed by atoms with Gasteiger partial charge in [0.2, 0.25) is 0 Å². The van der Waals surface area contributed by atoms with E-state index in [0.717, 1.165) is 4.35 Å². The van der Waals surface area contributed by atoms with Crippen LogP contribution < -0.4 is 8.58 Å². The van der Waals surface area contributed by atoms with Gasteiger partial charge in [-0.05, 0) is 0 Å². The number of hydrogen-bond acceptors (Lipinski definition) is 2. The average molecular weight is 226 g/mol. The minimum absolute atomic E-state index is 0.242. The van der Waals surface area contributed by atoms with Crippen molar-refractivity contribution in [1.29, 1.82) is 0 Å². The van der Waals surface area contributed by atoms with Crippen LogP contribution in [0.4, 0.5) is 0 Å². The van der Waals surface area contributed by atoms with Crippen molar-refractivity contribution in [3.63, 3.8) is 0 Å². The van der Waals surface area contributed by atoms with Gasteiger partial charge in [0.25, 0.3) is 0 Å². The second kappa shape index (κ2) is 4.17. The molecular formula is C8H9AsNO2. The summed E-state index contributed by atoms with van der Waals surface area (Å²) < 4.78 is 14.5. The molecule has 4 heteroatoms. The summed E-state index contributed by atoms with van der Waals surface area (Å²) in [5, 5.41) is 0. The van der Waals surface area contributed by atoms with E-state index in [4.69, 9.17) is 0 Å². The Kier molecular flexibility index (Phi) is 3.17. The Hall–Kier alpha value is -0.952. The second-order valence-electron chi connectivity index (χ2n) is 2.30. The van der Waals surface area contributed by atoms with Crippen molar-refractivity contribution in [2.45, 2.75) is 6.92 Å². The predicted octanol–water partition coefficient (Wildman–Crippen LogP) is -0.0516. The third-order valence-electron chi connectivity index (χ3n) is 1.25. The van der Waals surface area contributed by atoms with Crippen LogP contribution in [-0.4, -0.2) is 20.7 Å². The quantitative estimate of drug-likeness (QED) is 0.718. The predicted molar refractivity (Wildman–Crippen MR) is 46.3 cm³/mol. The van der Waals surface area contributed by atoms with Crippen LogP contribution in [0.15, 0.2) is 30.3 Å². The number of nitrogens with one attached hydrogen (secondary N) is 1. The first kappa shape index (κ1) is 9.14. The summed E-state index contributed by atoms with van der Waals surface area (Å²) in [4.78, 5) is 10.6. The Bertz CT molecular complexity index is 297. The zero-order valence-electron chi connectivity index (χ0n) is 6.65. The summed E-state index contributed by atoms with van der Waals surface area (Å²) in [5.74, 6) is -0.242. The normalized spacial score (nSPS) is 10.6. The van der Waals surface area contributed by atoms with Crippen LogP contribution in [0.25, 0.3) is 0 Å². The molecule has 3 nitrogen and oxygen atoms in total. The minimum atomic E-state index is -2.53. The third-order valence-corrected chi connectivity index (χ3v) is 3.95. The Balaban J connectivity index is 2.73. The summed E-state index contributed by atoms with van der Waals surface area (Å²) in [6.45, 7) is 1.36. The first-order valence-electron chi connectivity index (χ1n) is 3.49. The summed E-state index contributed by atoms with van der Waals surface area (Å²) in [5.41, 5.74) is 0. The standard InChI is InChI=1S/C8H9AsNO2/c1-7(11)10-9(12)8-5-3-2-4-6-8/h2-6H,1H3,(H,10,11,12). The number of rotatable bonds is 2. The molecule has 0 aliphatic heterocycles. The van der Waals surface area contributed by atoms with Gasteiger partial charge in [-0.25, -0.2) is 0 Å². The van der Waals surface area contributed by atoms with E-state index in [-0.39, 0.29) is 5.91 Å². The zero-order valence-corrected chi connectivity index (χ0v) is 8.53. The molecule has 1 rings (SSSR count). The van der Waals surface area contributed by atoms with E-state index in [9.17, 15) is 8.53 Å². The molecule has 1 aromatic rings. The van der Waals surface area contributed by atoms with Crippen LogP contribution in [0.5, 0.6) is 0 Å². The Labute approximate surface area is 75.5 Å². The van der Waals surface area contributed by atoms with E-state index >= 15 is 0 Å². The van der Waals surface area contributed by atoms with Gasteiger partial charge >= 0.3 is 75.1 Å². The molecule has 1 radical (unpaired) electrons. The monoisotopic (exact) mass is 226 g/mol. The Morgan fingerprint density at radius 2 is 1.92 bits per heavy atom. The summed E-state index contributed by atoms with van der Waals surface area (Å²) in [6.07, 6.45) is 0. The fourth-order valence-electron chi connectivity index (χ4n) is 0.771. The van der Waals surface area contributed by atoms with Gasteiger partial charge in [-0.3, -0.25) is 0 Å². The third kappa shape index (κ3) is 2.59. The Morgan fingerprint density at radius 1 is 1.33 bits per heavy atom. The molecule has 12 heavy (non-hydrogen) atoms. The molecule has 0 spiro atoms. The van der Waals surface area contributed by atoms with Gasteiger partial charge in [0, 0.05) is 0 Å². The topological polar surface area (TPSA) is 46.2 Å². The summed E-state index contributed by atoms with van der Waals surface area (Å²) >= 11 is -2.53. The van der Waals surface area contributed by atoms with Crippen molar-refractivity contribution in [2.75, 3.05) is 0 Å². The molecule has 1 atom stereocenters. The van der Waals surface area contributed by atoms with Gasteiger partial charge in [-0.1, -0.05) is 0 Å². The van der Waals surface area contributed by atoms with E-state index < -0.39 is 14.8 Å². The van der Waals surface area contributed by atoms with Gasteiger partial charge in [-0.2, -0.15) is 0 Å². The van der Waals surface area contributed by atoms with Crippen molar-refractivity contribution in [1.82, 2.24) is 4.23 Å². The summed E-state index contributed by atoms with van der Waals surface area (Å²) in [6, 6.07) is 8.96. The van der Waals surface area contributed by atoms with Crippen LogP contribution in [0.1, 0.15) is 6.92 Å². The molecule has 0 saturated carbocycles. The maximum absolute atomic E-state index is 11.4. The van der Waals surface area contributed by atoms with Crippen LogP contribution in [-0.2, 0) is 8.53 Å². The Morgan fingerprint density at radius 3 is 2.42 bits per heavy atom. The van der Waals surface area contributed by atoms with Crippen molar-refractivity contribution in [3.8, 4) is 0 Å². The van der Waals surface area contributed by atoms with Crippen LogP contribution >= 0.6 is 0 Å². The molecule has 0 aliphatic rings. The number of benzene rings is 1. The van der Waals surface area contributed by atoms with Crippen LogP contribution in [0.3, 0.4) is 0 Å². The molecule has 63 valence electrons. The second-order valence-corrected chi connectivity index (χ2v) is 5.09. The number of carbonyl (C=O) groups is 1. The van der Waals surface area contributed by atoms with Gasteiger partial charge in [0.05, 0.1) is 0 Å². The van der Waals surface area contributed by atoms with E-state index in [0.29, 0.717) is 0 Å². The molecule has 0 heterocycles. The molecule has 0 aromatic heterocycles. The van der Waals surface area contributed by atoms with E-state index in [2.05, 4.69) is 4.23 Å². The molecule has 0 fully saturated rings. The molecule has 1 amide bonds. The molecule has 0 saturated heterocycles. The first-order chi connectivity index (χ1) is 5.70. The van der Waals surface area contributed by atoms with Crippen LogP contribution in [0.2, 0.25) is 0 Å². The molecule has 1 aromatic carbocycles. The van der Waals surface area contributed by atoms with Gasteiger partial charge < -0.3 is 0 Å². The maximum atomic E-state index is 11.4. The molecular weight excluding hydrogens is 217 g/mol. The van der Waals surface area contributed by atoms with E-state index in [1.165, 1.54) is 6.92 Å². The molecule has 0 aliphatic carbocycles. The van der Waals surface area contributed by atoms with E-state index in [1.54, 1.807) is 24.3 Å². The molecule has 0 bridgehead atoms. The van der Waals surface area contributed by atoms with Gasteiger partial charge in [-0.15, -0.1) is 0 Å². The van der Waals surface area contributed by atoms with Gasteiger partial charge in [0.15, 0.2) is 0 Å². The van der Waals surface area contributed by atoms with Crippen molar-refractivity contribution < 1.29 is 8.53 Å². The van der Waals surface area contributed by atoms with Crippen molar-refractivity contribution in [2.24, 2.45) is 0 Å². The number of amides is 1. The van der Waals surface area contributed by atoms with E-state index in [1.807, 2.05) is 6.07 Å². The van der Waals surface area contributed by atoms with Crippen molar-refractivity contribution >= 4 is 25.1 Å². The van der Waals surface area contributed by atoms with Gasteiger partial charge in [0.1, 0.15) is 0 Å². The zero-order chi connectivity index (χ0) is 8.97. The summed E-state index contributed by atoms with van der Waals surface area (Å²) in [7, 11) is 0. The molecule has 1 unspecified atom stereocenters.